The number of aryl methyl sites for hydroxylation is 2. The minimum Gasteiger partial charge on any atom is -0.760 e. The van der Waals surface area contributed by atoms with Gasteiger partial charge in [-0.15, -0.1) is 0 Å². The molecule has 0 bridgehead atoms. The first kappa shape index (κ1) is 19.8. The Balaban J connectivity index is 1.51. The van der Waals surface area contributed by atoms with Crippen LogP contribution in [0.4, 0.5) is 0 Å². The first-order chi connectivity index (χ1) is 14.0. The Morgan fingerprint density at radius 1 is 1.28 bits per heavy atom. The van der Waals surface area contributed by atoms with Crippen LogP contribution in [0.2, 0.25) is 0 Å². The highest BCUT2D eigenvalue weighted by Crippen LogP contribution is 2.35. The average molecular weight is 416 g/mol. The summed E-state index contributed by atoms with van der Waals surface area (Å²) in [6, 6.07) is 0. The predicted molar refractivity (Wildman–Crippen MR) is 105 cm³/mol. The van der Waals surface area contributed by atoms with Crippen LogP contribution in [-0.4, -0.2) is 50.9 Å². The maximum atomic E-state index is 10.5. The molecule has 0 amide bonds. The van der Waals surface area contributed by atoms with E-state index in [-0.39, 0.29) is 6.10 Å². The summed E-state index contributed by atoms with van der Waals surface area (Å²) in [6.07, 6.45) is 7.58. The molecular weight excluding hydrogens is 394 g/mol. The predicted octanol–water partition coefficient (Wildman–Crippen LogP) is 1.54. The van der Waals surface area contributed by atoms with E-state index in [9.17, 15) is 8.76 Å². The number of hydrogen-bond donors (Lipinski definition) is 1. The van der Waals surface area contributed by atoms with E-state index in [2.05, 4.69) is 24.7 Å². The van der Waals surface area contributed by atoms with Gasteiger partial charge in [-0.25, -0.2) is 24.7 Å². The summed E-state index contributed by atoms with van der Waals surface area (Å²) < 4.78 is 31.5. The minimum absolute atomic E-state index is 0.0498. The molecule has 1 saturated carbocycles. The molecule has 154 valence electrons. The van der Waals surface area contributed by atoms with Crippen molar-refractivity contribution in [2.45, 2.75) is 45.8 Å². The molecule has 3 heterocycles. The summed E-state index contributed by atoms with van der Waals surface area (Å²) in [5.74, 6) is 2.35. The van der Waals surface area contributed by atoms with Crippen LogP contribution in [0.15, 0.2) is 18.7 Å². The lowest BCUT2D eigenvalue weighted by Crippen LogP contribution is -2.36. The summed E-state index contributed by atoms with van der Waals surface area (Å²) in [5.41, 5.74) is 2.15. The molecule has 1 fully saturated rings. The second kappa shape index (κ2) is 8.47. The summed E-state index contributed by atoms with van der Waals surface area (Å²) in [7, 11) is 0. The van der Waals surface area contributed by atoms with Gasteiger partial charge in [-0.3, -0.25) is 4.21 Å². The molecule has 1 aliphatic rings. The molecule has 0 aromatic carbocycles. The fourth-order valence-corrected chi connectivity index (χ4v) is 3.83. The van der Waals surface area contributed by atoms with Gasteiger partial charge in [-0.1, -0.05) is 0 Å². The van der Waals surface area contributed by atoms with Crippen LogP contribution in [0.1, 0.15) is 32.0 Å². The maximum absolute atomic E-state index is 10.5. The van der Waals surface area contributed by atoms with Gasteiger partial charge >= 0.3 is 0 Å². The van der Waals surface area contributed by atoms with Crippen LogP contribution in [0.5, 0.6) is 5.88 Å². The zero-order valence-corrected chi connectivity index (χ0v) is 17.1. The smallest absolute Gasteiger partial charge is 0.245 e. The lowest BCUT2D eigenvalue weighted by Gasteiger charge is -2.35. The molecule has 3 aromatic rings. The zero-order valence-electron chi connectivity index (χ0n) is 16.2. The molecular formula is C18H22N7O3S-. The number of nitrogens with one attached hydrogen (secondary N) is 1. The molecule has 3 aromatic heterocycles. The van der Waals surface area contributed by atoms with E-state index in [1.54, 1.807) is 12.4 Å². The Bertz CT molecular complexity index is 1020. The fourth-order valence-electron chi connectivity index (χ4n) is 3.54. The zero-order chi connectivity index (χ0) is 20.4. The molecule has 1 aliphatic carbocycles. The average Bonchev–Trinajstić information content (AvgIpc) is 3.05. The van der Waals surface area contributed by atoms with Crippen molar-refractivity contribution in [2.75, 3.05) is 6.54 Å². The van der Waals surface area contributed by atoms with E-state index >= 15 is 0 Å². The molecule has 0 aliphatic heterocycles. The van der Waals surface area contributed by atoms with Gasteiger partial charge in [0.25, 0.3) is 0 Å². The van der Waals surface area contributed by atoms with Crippen LogP contribution in [0.25, 0.3) is 22.6 Å². The number of ether oxygens (including phenoxy) is 1. The Morgan fingerprint density at radius 3 is 2.72 bits per heavy atom. The Labute approximate surface area is 170 Å². The lowest BCUT2D eigenvalue weighted by atomic mass is 9.80. The fraction of sp³-hybridized carbons (Fsp3) is 0.500. The van der Waals surface area contributed by atoms with E-state index in [1.165, 1.54) is 6.33 Å². The van der Waals surface area contributed by atoms with Gasteiger partial charge in [0.2, 0.25) is 5.88 Å². The van der Waals surface area contributed by atoms with E-state index < -0.39 is 11.3 Å². The molecule has 1 unspecified atom stereocenters. The first-order valence-electron chi connectivity index (χ1n) is 9.54. The Kier molecular flexibility index (Phi) is 5.79. The van der Waals surface area contributed by atoms with Crippen molar-refractivity contribution < 1.29 is 13.5 Å². The third kappa shape index (κ3) is 4.26. The first-order valence-corrected chi connectivity index (χ1v) is 10.6. The van der Waals surface area contributed by atoms with Crippen molar-refractivity contribution in [3.8, 4) is 17.3 Å². The van der Waals surface area contributed by atoms with Gasteiger partial charge in [0, 0.05) is 36.7 Å². The van der Waals surface area contributed by atoms with Crippen molar-refractivity contribution in [3.05, 3.63) is 24.5 Å². The molecule has 0 spiro atoms. The standard InChI is InChI=1S/C18H23N7O3S/c1-3-25-16(13-8-19-11(2)20-9-13)24-15-17(25)21-10-22-18(15)28-14-6-12(7-14)4-5-23-29(26)27/h8-10,12,14,23H,3-7H2,1-2H3,(H,26,27)/p-1. The van der Waals surface area contributed by atoms with Gasteiger partial charge in [0.15, 0.2) is 11.2 Å². The number of fused-ring (bicyclic) bond motifs is 1. The van der Waals surface area contributed by atoms with Gasteiger partial charge in [0.1, 0.15) is 24.1 Å². The van der Waals surface area contributed by atoms with Crippen LogP contribution in [-0.2, 0) is 17.8 Å². The van der Waals surface area contributed by atoms with E-state index in [1.807, 2.05) is 18.4 Å². The van der Waals surface area contributed by atoms with Crippen LogP contribution in [0, 0.1) is 12.8 Å². The topological polar surface area (TPSA) is 131 Å². The van der Waals surface area contributed by atoms with Crippen molar-refractivity contribution in [3.63, 3.8) is 0 Å². The Hall–Kier alpha value is -2.50. The molecule has 11 heteroatoms. The number of imidazole rings is 1. The highest BCUT2D eigenvalue weighted by atomic mass is 32.2. The highest BCUT2D eigenvalue weighted by Gasteiger charge is 2.31. The SMILES string of the molecule is CCn1c(-c2cnc(C)nc2)nc2c(OC3CC(CCNS(=O)[O-])C3)ncnc21. The van der Waals surface area contributed by atoms with Crippen LogP contribution >= 0.6 is 0 Å². The molecule has 1 N–H and O–H groups in total. The van der Waals surface area contributed by atoms with Gasteiger partial charge in [-0.05, 0) is 39.0 Å². The number of rotatable bonds is 8. The summed E-state index contributed by atoms with van der Waals surface area (Å²) in [4.78, 5) is 22.0. The normalized spacial score (nSPS) is 19.8. The molecule has 10 nitrogen and oxygen atoms in total. The lowest BCUT2D eigenvalue weighted by molar-refractivity contribution is 0.0587. The molecule has 0 saturated heterocycles. The second-order valence-corrected chi connectivity index (χ2v) is 7.80. The van der Waals surface area contributed by atoms with Crippen molar-refractivity contribution in [1.29, 1.82) is 0 Å². The third-order valence-electron chi connectivity index (χ3n) is 5.10. The quantitative estimate of drug-likeness (QED) is 0.547. The molecule has 0 radical (unpaired) electrons. The molecule has 29 heavy (non-hydrogen) atoms. The third-order valence-corrected chi connectivity index (χ3v) is 5.54. The van der Waals surface area contributed by atoms with Crippen molar-refractivity contribution >= 4 is 22.4 Å². The summed E-state index contributed by atoms with van der Waals surface area (Å²) in [5, 5.41) is 0. The number of hydrogen-bond acceptors (Lipinski definition) is 8. The largest absolute Gasteiger partial charge is 0.760 e. The van der Waals surface area contributed by atoms with Gasteiger partial charge in [-0.2, -0.15) is 4.98 Å². The summed E-state index contributed by atoms with van der Waals surface area (Å²) in [6.45, 7) is 5.01. The van der Waals surface area contributed by atoms with Gasteiger partial charge < -0.3 is 13.9 Å². The van der Waals surface area contributed by atoms with Crippen molar-refractivity contribution in [1.82, 2.24) is 34.2 Å². The Morgan fingerprint density at radius 2 is 2.03 bits per heavy atom. The number of aromatic nitrogens is 6. The monoisotopic (exact) mass is 416 g/mol. The molecule has 4 rings (SSSR count). The van der Waals surface area contributed by atoms with E-state index in [4.69, 9.17) is 9.72 Å². The maximum Gasteiger partial charge on any atom is 0.245 e. The second-order valence-electron chi connectivity index (χ2n) is 7.04. The van der Waals surface area contributed by atoms with E-state index in [0.29, 0.717) is 41.9 Å². The van der Waals surface area contributed by atoms with E-state index in [0.717, 1.165) is 30.7 Å². The summed E-state index contributed by atoms with van der Waals surface area (Å²) >= 11 is -2.20. The number of nitrogens with zero attached hydrogens (tertiary/aromatic N) is 6. The highest BCUT2D eigenvalue weighted by molar-refractivity contribution is 7.77. The van der Waals surface area contributed by atoms with Crippen molar-refractivity contribution in [2.24, 2.45) is 5.92 Å². The molecule has 1 atom stereocenters. The van der Waals surface area contributed by atoms with Crippen LogP contribution in [0.3, 0.4) is 0 Å². The minimum atomic E-state index is -2.20. The van der Waals surface area contributed by atoms with Gasteiger partial charge in [0.05, 0.1) is 5.56 Å². The van der Waals surface area contributed by atoms with Crippen LogP contribution < -0.4 is 9.46 Å².